The van der Waals surface area contributed by atoms with Gasteiger partial charge in [-0.15, -0.1) is 24.8 Å². The second-order valence-electron chi connectivity index (χ2n) is 7.13. The lowest BCUT2D eigenvalue weighted by atomic mass is 9.78. The minimum absolute atomic E-state index is 0. The number of methoxy groups -OCH3 is 1. The highest BCUT2D eigenvalue weighted by Gasteiger charge is 2.40. The summed E-state index contributed by atoms with van der Waals surface area (Å²) in [6.07, 6.45) is 1.69. The minimum atomic E-state index is -0.369. The highest BCUT2D eigenvalue weighted by Crippen LogP contribution is 2.29. The fraction of sp³-hybridized carbons (Fsp3) is 0.941. The van der Waals surface area contributed by atoms with Gasteiger partial charge in [-0.25, -0.2) is 0 Å². The number of rotatable bonds is 7. The molecule has 0 aromatic heterocycles. The summed E-state index contributed by atoms with van der Waals surface area (Å²) in [7, 11) is 1.68. The molecular weight excluding hydrogens is 365 g/mol. The van der Waals surface area contributed by atoms with Crippen LogP contribution >= 0.6 is 24.8 Å². The van der Waals surface area contributed by atoms with Crippen molar-refractivity contribution in [2.45, 2.75) is 32.7 Å². The Bertz CT molecular complexity index is 369. The molecule has 2 aliphatic rings. The SMILES string of the molecule is COCC1(C(=O)NCC(C(C)C)N2CCOCC2)CCNCC1.Cl.Cl. The van der Waals surface area contributed by atoms with Crippen LogP contribution < -0.4 is 10.6 Å². The maximum absolute atomic E-state index is 12.9. The highest BCUT2D eigenvalue weighted by atomic mass is 35.5. The number of nitrogens with zero attached hydrogens (tertiary/aromatic N) is 1. The first-order chi connectivity index (χ1) is 11.1. The van der Waals surface area contributed by atoms with Crippen molar-refractivity contribution in [2.24, 2.45) is 11.3 Å². The van der Waals surface area contributed by atoms with E-state index in [4.69, 9.17) is 9.47 Å². The summed E-state index contributed by atoms with van der Waals surface area (Å²) in [4.78, 5) is 15.3. The molecule has 2 aliphatic heterocycles. The summed E-state index contributed by atoms with van der Waals surface area (Å²) in [6.45, 7) is 10.9. The molecule has 2 saturated heterocycles. The zero-order valence-corrected chi connectivity index (χ0v) is 17.3. The maximum Gasteiger partial charge on any atom is 0.228 e. The Morgan fingerprint density at radius 3 is 2.36 bits per heavy atom. The van der Waals surface area contributed by atoms with Crippen LogP contribution in [0.3, 0.4) is 0 Å². The van der Waals surface area contributed by atoms with Crippen molar-refractivity contribution in [1.29, 1.82) is 0 Å². The predicted octanol–water partition coefficient (Wildman–Crippen LogP) is 1.32. The van der Waals surface area contributed by atoms with Gasteiger partial charge in [-0.2, -0.15) is 0 Å². The molecule has 0 aliphatic carbocycles. The maximum atomic E-state index is 12.9. The fourth-order valence-electron chi connectivity index (χ4n) is 3.70. The van der Waals surface area contributed by atoms with Crippen LogP contribution in [0.2, 0.25) is 0 Å². The Hall–Kier alpha value is -0.110. The molecule has 1 atom stereocenters. The molecule has 0 aromatic rings. The van der Waals surface area contributed by atoms with E-state index in [2.05, 4.69) is 29.4 Å². The van der Waals surface area contributed by atoms with E-state index in [1.165, 1.54) is 0 Å². The molecule has 0 bridgehead atoms. The van der Waals surface area contributed by atoms with Crippen LogP contribution in [0.15, 0.2) is 0 Å². The van der Waals surface area contributed by atoms with Gasteiger partial charge >= 0.3 is 0 Å². The molecule has 0 aromatic carbocycles. The molecule has 6 nitrogen and oxygen atoms in total. The number of hydrogen-bond acceptors (Lipinski definition) is 5. The van der Waals surface area contributed by atoms with Crippen LogP contribution in [0, 0.1) is 11.3 Å². The molecule has 0 spiro atoms. The summed E-state index contributed by atoms with van der Waals surface area (Å²) in [5, 5.41) is 6.56. The number of ether oxygens (including phenoxy) is 2. The van der Waals surface area contributed by atoms with E-state index >= 15 is 0 Å². The average Bonchev–Trinajstić information content (AvgIpc) is 2.56. The lowest BCUT2D eigenvalue weighted by Gasteiger charge is -2.39. The van der Waals surface area contributed by atoms with E-state index in [0.29, 0.717) is 25.1 Å². The standard InChI is InChI=1S/C17H33N3O3.2ClH/c1-14(2)15(20-8-10-23-11-9-20)12-19-16(21)17(13-22-3)4-6-18-7-5-17;;/h14-15,18H,4-13H2,1-3H3,(H,19,21);2*1H. The van der Waals surface area contributed by atoms with Crippen molar-refractivity contribution in [2.75, 3.05) is 59.7 Å². The number of hydrogen-bond donors (Lipinski definition) is 2. The topological polar surface area (TPSA) is 62.8 Å². The first kappa shape index (κ1) is 24.9. The summed E-state index contributed by atoms with van der Waals surface area (Å²) in [6, 6.07) is 0.365. The van der Waals surface area contributed by atoms with Gasteiger partial charge in [0.2, 0.25) is 5.91 Å². The van der Waals surface area contributed by atoms with E-state index in [0.717, 1.165) is 52.2 Å². The number of nitrogens with one attached hydrogen (secondary N) is 2. The quantitative estimate of drug-likeness (QED) is 0.675. The van der Waals surface area contributed by atoms with Crippen molar-refractivity contribution < 1.29 is 14.3 Å². The molecule has 2 heterocycles. The second-order valence-corrected chi connectivity index (χ2v) is 7.13. The van der Waals surface area contributed by atoms with E-state index in [-0.39, 0.29) is 36.1 Å². The third-order valence-electron chi connectivity index (χ3n) is 5.22. The third-order valence-corrected chi connectivity index (χ3v) is 5.22. The Labute approximate surface area is 164 Å². The number of carbonyl (C=O) groups is 1. The molecule has 150 valence electrons. The van der Waals surface area contributed by atoms with E-state index in [1.807, 2.05) is 0 Å². The van der Waals surface area contributed by atoms with Gasteiger partial charge in [-0.1, -0.05) is 13.8 Å². The molecule has 2 rings (SSSR count). The summed E-state index contributed by atoms with van der Waals surface area (Å²) in [5.41, 5.74) is -0.369. The van der Waals surface area contributed by atoms with Gasteiger partial charge in [0.25, 0.3) is 0 Å². The predicted molar refractivity (Wildman–Crippen MR) is 105 cm³/mol. The molecule has 0 radical (unpaired) electrons. The normalized spacial score (nSPS) is 21.8. The monoisotopic (exact) mass is 399 g/mol. The second kappa shape index (κ2) is 12.3. The van der Waals surface area contributed by atoms with Gasteiger partial charge in [0.05, 0.1) is 25.2 Å². The fourth-order valence-corrected chi connectivity index (χ4v) is 3.70. The first-order valence-corrected chi connectivity index (χ1v) is 8.89. The van der Waals surface area contributed by atoms with Crippen LogP contribution in [-0.4, -0.2) is 76.5 Å². The van der Waals surface area contributed by atoms with Gasteiger partial charge in [-0.3, -0.25) is 9.69 Å². The van der Waals surface area contributed by atoms with Gasteiger partial charge < -0.3 is 20.1 Å². The lowest BCUT2D eigenvalue weighted by molar-refractivity contribution is -0.136. The number of amides is 1. The van der Waals surface area contributed by atoms with Gasteiger partial charge in [-0.05, 0) is 31.8 Å². The lowest BCUT2D eigenvalue weighted by Crippen LogP contribution is -2.55. The summed E-state index contributed by atoms with van der Waals surface area (Å²) in [5.74, 6) is 0.652. The number of morpholine rings is 1. The van der Waals surface area contributed by atoms with Crippen molar-refractivity contribution in [3.63, 3.8) is 0 Å². The number of carbonyl (C=O) groups excluding carboxylic acids is 1. The van der Waals surface area contributed by atoms with Crippen molar-refractivity contribution in [1.82, 2.24) is 15.5 Å². The van der Waals surface area contributed by atoms with Gasteiger partial charge in [0.15, 0.2) is 0 Å². The van der Waals surface area contributed by atoms with Crippen LogP contribution in [0.25, 0.3) is 0 Å². The first-order valence-electron chi connectivity index (χ1n) is 8.89. The zero-order chi connectivity index (χ0) is 16.7. The molecule has 25 heavy (non-hydrogen) atoms. The Kier molecular flexibility index (Phi) is 12.3. The Balaban J connectivity index is 0.00000288. The Morgan fingerprint density at radius 2 is 1.84 bits per heavy atom. The largest absolute Gasteiger partial charge is 0.384 e. The number of piperidine rings is 1. The van der Waals surface area contributed by atoms with Gasteiger partial charge in [0.1, 0.15) is 0 Å². The Morgan fingerprint density at radius 1 is 1.24 bits per heavy atom. The third kappa shape index (κ3) is 6.85. The van der Waals surface area contributed by atoms with Crippen LogP contribution in [-0.2, 0) is 14.3 Å². The average molecular weight is 400 g/mol. The highest BCUT2D eigenvalue weighted by molar-refractivity contribution is 5.85. The zero-order valence-electron chi connectivity index (χ0n) is 15.7. The molecule has 8 heteroatoms. The number of halogens is 2. The van der Waals surface area contributed by atoms with Crippen LogP contribution in [0.5, 0.6) is 0 Å². The molecule has 0 saturated carbocycles. The van der Waals surface area contributed by atoms with Crippen molar-refractivity contribution in [3.8, 4) is 0 Å². The molecular formula is C17H35Cl2N3O3. The smallest absolute Gasteiger partial charge is 0.228 e. The molecule has 2 N–H and O–H groups in total. The van der Waals surface area contributed by atoms with E-state index < -0.39 is 0 Å². The minimum Gasteiger partial charge on any atom is -0.384 e. The van der Waals surface area contributed by atoms with Gasteiger partial charge in [0, 0.05) is 32.8 Å². The van der Waals surface area contributed by atoms with Crippen molar-refractivity contribution >= 4 is 30.7 Å². The molecule has 1 unspecified atom stereocenters. The van der Waals surface area contributed by atoms with E-state index in [9.17, 15) is 4.79 Å². The van der Waals surface area contributed by atoms with Crippen LogP contribution in [0.4, 0.5) is 0 Å². The molecule has 1 amide bonds. The van der Waals surface area contributed by atoms with Crippen LogP contribution in [0.1, 0.15) is 26.7 Å². The van der Waals surface area contributed by atoms with E-state index in [1.54, 1.807) is 7.11 Å². The summed E-state index contributed by atoms with van der Waals surface area (Å²) < 4.78 is 10.8. The molecule has 2 fully saturated rings. The van der Waals surface area contributed by atoms with Crippen molar-refractivity contribution in [3.05, 3.63) is 0 Å². The summed E-state index contributed by atoms with van der Waals surface area (Å²) >= 11 is 0.